The van der Waals surface area contributed by atoms with E-state index in [9.17, 15) is 5.11 Å². The molecular weight excluding hydrogens is 288 g/mol. The maximum atomic E-state index is 10.7. The number of rotatable bonds is 4. The lowest BCUT2D eigenvalue weighted by atomic mass is 9.83. The second kappa shape index (κ2) is 6.39. The van der Waals surface area contributed by atoms with Gasteiger partial charge in [0, 0.05) is 12.5 Å². The van der Waals surface area contributed by atoms with Crippen LogP contribution in [0.25, 0.3) is 11.0 Å². The third-order valence-electron chi connectivity index (χ3n) is 4.50. The standard InChI is InChI=1S/C17H21ClO3/c1-20-17(11-6-3-2-4-7-11)15(19)14-10-12-8-5-9-13(18)16(12)21-14/h5,8-11,15,17,19H,2-4,6-7H2,1H3. The van der Waals surface area contributed by atoms with Crippen molar-refractivity contribution in [1.82, 2.24) is 0 Å². The molecule has 0 aliphatic heterocycles. The minimum Gasteiger partial charge on any atom is -0.457 e. The zero-order valence-electron chi connectivity index (χ0n) is 12.2. The van der Waals surface area contributed by atoms with E-state index in [1.807, 2.05) is 18.2 Å². The van der Waals surface area contributed by atoms with E-state index in [0.29, 0.717) is 22.3 Å². The molecule has 0 bridgehead atoms. The Morgan fingerprint density at radius 2 is 2.05 bits per heavy atom. The van der Waals surface area contributed by atoms with Crippen molar-refractivity contribution in [2.45, 2.75) is 44.3 Å². The predicted octanol–water partition coefficient (Wildman–Crippen LogP) is 4.71. The van der Waals surface area contributed by atoms with Gasteiger partial charge in [-0.3, -0.25) is 0 Å². The van der Waals surface area contributed by atoms with Crippen molar-refractivity contribution >= 4 is 22.6 Å². The summed E-state index contributed by atoms with van der Waals surface area (Å²) in [6, 6.07) is 7.47. The molecule has 21 heavy (non-hydrogen) atoms. The first kappa shape index (κ1) is 14.9. The second-order valence-corrected chi connectivity index (χ2v) is 6.26. The fourth-order valence-electron chi connectivity index (χ4n) is 3.40. The van der Waals surface area contributed by atoms with Gasteiger partial charge in [-0.25, -0.2) is 0 Å². The minimum atomic E-state index is -0.749. The van der Waals surface area contributed by atoms with Crippen LogP contribution in [0.2, 0.25) is 5.02 Å². The van der Waals surface area contributed by atoms with Crippen LogP contribution in [-0.4, -0.2) is 18.3 Å². The van der Waals surface area contributed by atoms with Crippen molar-refractivity contribution < 1.29 is 14.3 Å². The molecule has 1 aromatic carbocycles. The van der Waals surface area contributed by atoms with Crippen molar-refractivity contribution in [3.8, 4) is 0 Å². The molecule has 1 saturated carbocycles. The lowest BCUT2D eigenvalue weighted by Crippen LogP contribution is -2.31. The maximum Gasteiger partial charge on any atom is 0.152 e. The zero-order valence-corrected chi connectivity index (χ0v) is 13.0. The van der Waals surface area contributed by atoms with Gasteiger partial charge in [-0.2, -0.15) is 0 Å². The van der Waals surface area contributed by atoms with Crippen molar-refractivity contribution in [3.05, 3.63) is 35.0 Å². The molecule has 4 heteroatoms. The maximum absolute atomic E-state index is 10.7. The van der Waals surface area contributed by atoms with Crippen molar-refractivity contribution in [3.63, 3.8) is 0 Å². The topological polar surface area (TPSA) is 42.6 Å². The van der Waals surface area contributed by atoms with Crippen molar-refractivity contribution in [2.75, 3.05) is 7.11 Å². The van der Waals surface area contributed by atoms with Crippen LogP contribution in [0.15, 0.2) is 28.7 Å². The summed E-state index contributed by atoms with van der Waals surface area (Å²) in [5.41, 5.74) is 0.631. The number of aliphatic hydroxyl groups excluding tert-OH is 1. The minimum absolute atomic E-state index is 0.218. The summed E-state index contributed by atoms with van der Waals surface area (Å²) in [7, 11) is 1.66. The third-order valence-corrected chi connectivity index (χ3v) is 4.80. The van der Waals surface area contributed by atoms with Gasteiger partial charge in [-0.1, -0.05) is 43.0 Å². The highest BCUT2D eigenvalue weighted by Gasteiger charge is 2.32. The molecular formula is C17H21ClO3. The van der Waals surface area contributed by atoms with Gasteiger partial charge in [0.15, 0.2) is 5.58 Å². The van der Waals surface area contributed by atoms with Gasteiger partial charge in [-0.15, -0.1) is 0 Å². The molecule has 2 unspecified atom stereocenters. The molecule has 2 atom stereocenters. The largest absolute Gasteiger partial charge is 0.457 e. The molecule has 1 aliphatic carbocycles. The summed E-state index contributed by atoms with van der Waals surface area (Å²) in [5.74, 6) is 0.929. The number of aliphatic hydroxyl groups is 1. The zero-order chi connectivity index (χ0) is 14.8. The molecule has 114 valence electrons. The molecule has 3 nitrogen and oxygen atoms in total. The monoisotopic (exact) mass is 308 g/mol. The predicted molar refractivity (Wildman–Crippen MR) is 83.6 cm³/mol. The van der Waals surface area contributed by atoms with Gasteiger partial charge in [0.05, 0.1) is 11.1 Å². The third kappa shape index (κ3) is 2.96. The van der Waals surface area contributed by atoms with Crippen molar-refractivity contribution in [2.24, 2.45) is 5.92 Å². The highest BCUT2D eigenvalue weighted by Crippen LogP contribution is 2.36. The molecule has 3 rings (SSSR count). The average molecular weight is 309 g/mol. The molecule has 1 N–H and O–H groups in total. The lowest BCUT2D eigenvalue weighted by molar-refractivity contribution is -0.0632. The Hall–Kier alpha value is -1.03. The van der Waals surface area contributed by atoms with E-state index >= 15 is 0 Å². The number of methoxy groups -OCH3 is 1. The Labute approximate surface area is 129 Å². The smallest absolute Gasteiger partial charge is 0.152 e. The fourth-order valence-corrected chi connectivity index (χ4v) is 3.62. The molecule has 0 amide bonds. The van der Waals surface area contributed by atoms with Crippen LogP contribution in [0.1, 0.15) is 44.0 Å². The van der Waals surface area contributed by atoms with E-state index in [0.717, 1.165) is 18.2 Å². The number of fused-ring (bicyclic) bond motifs is 1. The molecule has 2 aromatic rings. The van der Waals surface area contributed by atoms with Gasteiger partial charge in [-0.05, 0) is 30.9 Å². The van der Waals surface area contributed by atoms with Gasteiger partial charge in [0.2, 0.25) is 0 Å². The summed E-state index contributed by atoms with van der Waals surface area (Å²) in [6.07, 6.45) is 4.95. The molecule has 0 radical (unpaired) electrons. The molecule has 1 heterocycles. The van der Waals surface area contributed by atoms with Gasteiger partial charge in [0.1, 0.15) is 11.9 Å². The van der Waals surface area contributed by atoms with Gasteiger partial charge in [0.25, 0.3) is 0 Å². The Morgan fingerprint density at radius 1 is 1.29 bits per heavy atom. The van der Waals surface area contributed by atoms with E-state index in [4.69, 9.17) is 20.8 Å². The molecule has 0 saturated heterocycles. The van der Waals surface area contributed by atoms with E-state index in [1.54, 1.807) is 13.2 Å². The Kier molecular flexibility index (Phi) is 4.53. The number of hydrogen-bond donors (Lipinski definition) is 1. The summed E-state index contributed by atoms with van der Waals surface area (Å²) >= 11 is 6.13. The number of hydrogen-bond acceptors (Lipinski definition) is 3. The Morgan fingerprint density at radius 3 is 2.71 bits per heavy atom. The average Bonchev–Trinajstić information content (AvgIpc) is 2.95. The van der Waals surface area contributed by atoms with E-state index in [-0.39, 0.29) is 6.10 Å². The SMILES string of the molecule is COC(C1CCCCC1)C(O)c1cc2cccc(Cl)c2o1. The summed E-state index contributed by atoms with van der Waals surface area (Å²) < 4.78 is 11.4. The summed E-state index contributed by atoms with van der Waals surface area (Å²) in [4.78, 5) is 0. The number of para-hydroxylation sites is 1. The number of ether oxygens (including phenoxy) is 1. The van der Waals surface area contributed by atoms with Gasteiger partial charge >= 0.3 is 0 Å². The molecule has 1 fully saturated rings. The van der Waals surface area contributed by atoms with Crippen LogP contribution in [0.5, 0.6) is 0 Å². The first-order valence-corrected chi connectivity index (χ1v) is 7.97. The highest BCUT2D eigenvalue weighted by atomic mass is 35.5. The lowest BCUT2D eigenvalue weighted by Gasteiger charge is -2.31. The van der Waals surface area contributed by atoms with Gasteiger partial charge < -0.3 is 14.3 Å². The molecule has 0 spiro atoms. The Balaban J connectivity index is 1.87. The van der Waals surface area contributed by atoms with Crippen LogP contribution in [0.3, 0.4) is 0 Å². The second-order valence-electron chi connectivity index (χ2n) is 5.85. The highest BCUT2D eigenvalue weighted by molar-refractivity contribution is 6.34. The summed E-state index contributed by atoms with van der Waals surface area (Å²) in [6.45, 7) is 0. The molecule has 1 aliphatic rings. The van der Waals surface area contributed by atoms with Crippen LogP contribution in [-0.2, 0) is 4.74 Å². The number of halogens is 1. The van der Waals surface area contributed by atoms with Crippen LogP contribution in [0, 0.1) is 5.92 Å². The first-order chi connectivity index (χ1) is 10.2. The van der Waals surface area contributed by atoms with E-state index < -0.39 is 6.10 Å². The number of furan rings is 1. The first-order valence-electron chi connectivity index (χ1n) is 7.59. The van der Waals surface area contributed by atoms with Crippen LogP contribution < -0.4 is 0 Å². The van der Waals surface area contributed by atoms with Crippen LogP contribution >= 0.6 is 11.6 Å². The quantitative estimate of drug-likeness (QED) is 0.889. The fraction of sp³-hybridized carbons (Fsp3) is 0.529. The Bertz CT molecular complexity index is 601. The normalized spacial score (nSPS) is 19.8. The van der Waals surface area contributed by atoms with Crippen molar-refractivity contribution in [1.29, 1.82) is 0 Å². The number of benzene rings is 1. The van der Waals surface area contributed by atoms with E-state index in [1.165, 1.54) is 19.3 Å². The molecule has 1 aromatic heterocycles. The van der Waals surface area contributed by atoms with Crippen LogP contribution in [0.4, 0.5) is 0 Å². The summed E-state index contributed by atoms with van der Waals surface area (Å²) in [5, 5.41) is 12.1. The van der Waals surface area contributed by atoms with E-state index in [2.05, 4.69) is 0 Å².